The molecule has 0 bridgehead atoms. The molecular weight excluding hydrogens is 1000 g/mol. The normalized spacial score (nSPS) is 11.5. The van der Waals surface area contributed by atoms with Gasteiger partial charge in [-0.25, -0.2) is 29.3 Å². The van der Waals surface area contributed by atoms with Gasteiger partial charge in [0.25, 0.3) is 0 Å². The maximum Gasteiger partial charge on any atom is 0.416 e. The Balaban J connectivity index is 0.000000164. The van der Waals surface area contributed by atoms with Crippen molar-refractivity contribution in [2.45, 2.75) is 45.2 Å². The molecule has 9 N–H and O–H groups in total. The lowest BCUT2D eigenvalue weighted by molar-refractivity contribution is -0.138. The topological polar surface area (TPSA) is 209 Å². The Morgan fingerprint density at radius 3 is 1.04 bits per heavy atom. The van der Waals surface area contributed by atoms with E-state index in [4.69, 9.17) is 0 Å². The Bertz CT molecular complexity index is 3310. The Kier molecular flexibility index (Phi) is 16.1. The van der Waals surface area contributed by atoms with Crippen LogP contribution in [-0.4, -0.2) is 48.0 Å². The number of benzene rings is 3. The summed E-state index contributed by atoms with van der Waals surface area (Å²) in [6, 6.07) is 16.6. The van der Waals surface area contributed by atoms with Crippen molar-refractivity contribution in [2.24, 2.45) is 0 Å². The minimum atomic E-state index is -4.42. The lowest BCUT2D eigenvalue weighted by Gasteiger charge is -2.09. The van der Waals surface area contributed by atoms with Crippen molar-refractivity contribution in [1.29, 1.82) is 0 Å². The van der Waals surface area contributed by atoms with Gasteiger partial charge in [0.1, 0.15) is 16.9 Å². The molecule has 388 valence electrons. The number of carbonyl (C=O) groups is 3. The Morgan fingerprint density at radius 2 is 0.760 bits per heavy atom. The predicted octanol–water partition coefficient (Wildman–Crippen LogP) is 14.4. The first kappa shape index (κ1) is 53.4. The van der Waals surface area contributed by atoms with Gasteiger partial charge in [-0.2, -0.15) is 39.5 Å². The number of nitrogens with zero attached hydrogens (tertiary/aromatic N) is 3. The lowest BCUT2D eigenvalue weighted by atomic mass is 10.2. The van der Waals surface area contributed by atoms with Gasteiger partial charge in [-0.1, -0.05) is 26.5 Å². The first-order chi connectivity index (χ1) is 35.6. The van der Waals surface area contributed by atoms with Gasteiger partial charge in [0, 0.05) is 70.4 Å². The van der Waals surface area contributed by atoms with Gasteiger partial charge in [0.05, 0.1) is 33.8 Å². The Labute approximate surface area is 419 Å². The molecule has 0 unspecified atom stereocenters. The number of alkyl halides is 9. The molecule has 75 heavy (non-hydrogen) atoms. The van der Waals surface area contributed by atoms with Crippen LogP contribution in [0.5, 0.6) is 0 Å². The third-order valence-corrected chi connectivity index (χ3v) is 10.9. The summed E-state index contributed by atoms with van der Waals surface area (Å²) in [7, 11) is 0. The number of aryl methyl sites for hydroxylation is 2. The first-order valence-corrected chi connectivity index (χ1v) is 22.4. The van der Waals surface area contributed by atoms with E-state index in [1.807, 2.05) is 26.0 Å². The van der Waals surface area contributed by atoms with E-state index >= 15 is 0 Å². The van der Waals surface area contributed by atoms with E-state index < -0.39 is 53.3 Å². The molecule has 0 aliphatic carbocycles. The highest BCUT2D eigenvalue weighted by Crippen LogP contribution is 2.33. The second kappa shape index (κ2) is 22.6. The Hall–Kier alpha value is -9.35. The van der Waals surface area contributed by atoms with Crippen LogP contribution in [0.4, 0.5) is 88.0 Å². The molecule has 0 radical (unpaired) electrons. The predicted molar refractivity (Wildman–Crippen MR) is 269 cm³/mol. The number of H-pyrrole nitrogens is 3. The van der Waals surface area contributed by atoms with E-state index in [9.17, 15) is 53.9 Å². The monoisotopic (exact) mass is 1040 g/mol. The van der Waals surface area contributed by atoms with Crippen molar-refractivity contribution >= 4 is 91.4 Å². The maximum atomic E-state index is 12.5. The number of halogens is 9. The number of rotatable bonds is 9. The number of pyridine rings is 3. The molecule has 6 heterocycles. The molecule has 3 aromatic carbocycles. The standard InChI is InChI=1S/2C17H15F3N4O.C17H13F3N4O/c3*1-2-10-7-13-14(9-22-15(13)21-8-10)24-16(25)23-12-5-3-11(4-6-12)17(18,19)20/h2*3-9H,2H2,1H3,(H,21,22)(H2,23,24,25);2-9H,1H2,(H,21,22)(H2,23,24,25). The number of hydrogen-bond acceptors (Lipinski definition) is 6. The fourth-order valence-electron chi connectivity index (χ4n) is 7.00. The van der Waals surface area contributed by atoms with Gasteiger partial charge < -0.3 is 46.9 Å². The highest BCUT2D eigenvalue weighted by molar-refractivity contribution is 6.07. The number of fused-ring (bicyclic) bond motifs is 3. The molecule has 0 spiro atoms. The molecule has 9 aromatic rings. The van der Waals surface area contributed by atoms with E-state index in [0.29, 0.717) is 39.4 Å². The summed E-state index contributed by atoms with van der Waals surface area (Å²) < 4.78 is 113. The summed E-state index contributed by atoms with van der Waals surface area (Å²) in [5.41, 5.74) is 4.75. The van der Waals surface area contributed by atoms with Gasteiger partial charge in [-0.05, 0) is 121 Å². The number of aromatic nitrogens is 6. The molecule has 0 atom stereocenters. The fourth-order valence-corrected chi connectivity index (χ4v) is 7.00. The summed E-state index contributed by atoms with van der Waals surface area (Å²) in [5, 5.41) is 17.7. The molecule has 24 heteroatoms. The zero-order valence-corrected chi connectivity index (χ0v) is 39.3. The number of anilines is 6. The highest BCUT2D eigenvalue weighted by Gasteiger charge is 2.32. The number of carbonyl (C=O) groups excluding carboxylic acids is 3. The molecule has 0 aliphatic heterocycles. The van der Waals surface area contributed by atoms with Crippen LogP contribution in [0.15, 0.2) is 135 Å². The highest BCUT2D eigenvalue weighted by atomic mass is 19.4. The van der Waals surface area contributed by atoms with E-state index in [2.05, 4.69) is 68.4 Å². The third-order valence-electron chi connectivity index (χ3n) is 10.9. The van der Waals surface area contributed by atoms with Crippen LogP contribution in [0, 0.1) is 0 Å². The first-order valence-electron chi connectivity index (χ1n) is 22.4. The minimum Gasteiger partial charge on any atom is -0.344 e. The van der Waals surface area contributed by atoms with Crippen LogP contribution < -0.4 is 31.9 Å². The van der Waals surface area contributed by atoms with Crippen molar-refractivity contribution in [3.63, 3.8) is 0 Å². The summed E-state index contributed by atoms with van der Waals surface area (Å²) in [5.74, 6) is 0. The van der Waals surface area contributed by atoms with E-state index in [-0.39, 0.29) is 17.1 Å². The maximum absolute atomic E-state index is 12.5. The molecule has 15 nitrogen and oxygen atoms in total. The van der Waals surface area contributed by atoms with E-state index in [1.165, 1.54) is 36.4 Å². The molecule has 0 fully saturated rings. The molecule has 0 saturated carbocycles. The van der Waals surface area contributed by atoms with Crippen LogP contribution in [0.1, 0.15) is 47.2 Å². The smallest absolute Gasteiger partial charge is 0.344 e. The molecule has 9 rings (SSSR count). The quantitative estimate of drug-likeness (QED) is 0.0642. The van der Waals surface area contributed by atoms with Crippen molar-refractivity contribution < 1.29 is 53.9 Å². The van der Waals surface area contributed by atoms with Crippen molar-refractivity contribution in [3.05, 3.63) is 168 Å². The van der Waals surface area contributed by atoms with Gasteiger partial charge >= 0.3 is 36.6 Å². The van der Waals surface area contributed by atoms with Gasteiger partial charge in [-0.15, -0.1) is 0 Å². The third kappa shape index (κ3) is 14.0. The largest absolute Gasteiger partial charge is 0.416 e. The van der Waals surface area contributed by atoms with Gasteiger partial charge in [0.2, 0.25) is 0 Å². The number of amides is 6. The zero-order chi connectivity index (χ0) is 54.1. The fraction of sp³-hybridized carbons (Fsp3) is 0.137. The summed E-state index contributed by atoms with van der Waals surface area (Å²) in [6.45, 7) is 7.66. The van der Waals surface area contributed by atoms with Crippen molar-refractivity contribution in [3.8, 4) is 0 Å². The van der Waals surface area contributed by atoms with Gasteiger partial charge in [0.15, 0.2) is 0 Å². The zero-order valence-electron chi connectivity index (χ0n) is 39.3. The van der Waals surface area contributed by atoms with Crippen LogP contribution in [-0.2, 0) is 31.4 Å². The van der Waals surface area contributed by atoms with Crippen molar-refractivity contribution in [1.82, 2.24) is 29.9 Å². The number of hydrogen-bond donors (Lipinski definition) is 9. The second-order valence-electron chi connectivity index (χ2n) is 16.1. The minimum absolute atomic E-state index is 0.246. The summed E-state index contributed by atoms with van der Waals surface area (Å²) in [6.07, 6.45) is -0.0240. The average molecular weight is 1040 g/mol. The van der Waals surface area contributed by atoms with Crippen LogP contribution in [0.3, 0.4) is 0 Å². The average Bonchev–Trinajstić information content (AvgIpc) is 4.09. The molecule has 0 saturated heterocycles. The summed E-state index contributed by atoms with van der Waals surface area (Å²) >= 11 is 0. The molecule has 0 aliphatic rings. The lowest BCUT2D eigenvalue weighted by Crippen LogP contribution is -2.19. The van der Waals surface area contributed by atoms with E-state index in [0.717, 1.165) is 76.7 Å². The molecule has 6 amide bonds. The summed E-state index contributed by atoms with van der Waals surface area (Å²) in [4.78, 5) is 57.8. The van der Waals surface area contributed by atoms with E-state index in [1.54, 1.807) is 49.3 Å². The SMILES string of the molecule is C=Cc1cnc2[nH]cc(NC(=O)Nc3ccc(C(F)(F)F)cc3)c2c1.CCc1cnc2[nH]cc(NC(=O)Nc3ccc(C(F)(F)F)cc3)c2c1.CCc1cnc2[nH]cc(NC(=O)Nc3ccc(C(F)(F)F)cc3)c2c1. The second-order valence-corrected chi connectivity index (χ2v) is 16.1. The number of urea groups is 3. The Morgan fingerprint density at radius 1 is 0.467 bits per heavy atom. The van der Waals surface area contributed by atoms with Gasteiger partial charge in [-0.3, -0.25) is 0 Å². The molecule has 6 aromatic heterocycles. The number of nitrogens with one attached hydrogen (secondary N) is 9. The van der Waals surface area contributed by atoms with Crippen LogP contribution in [0.2, 0.25) is 0 Å². The van der Waals surface area contributed by atoms with Crippen LogP contribution in [0.25, 0.3) is 39.2 Å². The van der Waals surface area contributed by atoms with Crippen molar-refractivity contribution in [2.75, 3.05) is 31.9 Å². The number of aromatic amines is 3. The van der Waals surface area contributed by atoms with Crippen LogP contribution >= 0.6 is 0 Å². The molecular formula is C51H43F9N12O3.